The van der Waals surface area contributed by atoms with Gasteiger partial charge in [-0.05, 0) is 25.0 Å². The summed E-state index contributed by atoms with van der Waals surface area (Å²) in [4.78, 5) is 12.8. The lowest BCUT2D eigenvalue weighted by Crippen LogP contribution is -2.06. The van der Waals surface area contributed by atoms with Gasteiger partial charge in [0.05, 0.1) is 18.4 Å². The minimum atomic E-state index is 0.439. The van der Waals surface area contributed by atoms with Crippen molar-refractivity contribution in [2.24, 2.45) is 0 Å². The first-order valence-electron chi connectivity index (χ1n) is 7.76. The van der Waals surface area contributed by atoms with E-state index in [1.807, 2.05) is 24.3 Å². The Balaban J connectivity index is 1.46. The van der Waals surface area contributed by atoms with Crippen LogP contribution < -0.4 is 10.6 Å². The van der Waals surface area contributed by atoms with Gasteiger partial charge >= 0.3 is 0 Å². The Labute approximate surface area is 143 Å². The van der Waals surface area contributed by atoms with Crippen LogP contribution in [0.1, 0.15) is 30.1 Å². The third-order valence-corrected chi connectivity index (χ3v) is 4.04. The van der Waals surface area contributed by atoms with Crippen LogP contribution in [0.15, 0.2) is 36.7 Å². The smallest absolute Gasteiger partial charge is 0.225 e. The number of pyridine rings is 1. The summed E-state index contributed by atoms with van der Waals surface area (Å²) in [5.41, 5.74) is 2.06. The van der Waals surface area contributed by atoms with Crippen molar-refractivity contribution < 1.29 is 0 Å². The molecule has 122 valence electrons. The Morgan fingerprint density at radius 1 is 1.25 bits per heavy atom. The summed E-state index contributed by atoms with van der Waals surface area (Å²) in [5, 5.41) is 14.0. The number of anilines is 3. The van der Waals surface area contributed by atoms with Crippen molar-refractivity contribution in [3.63, 3.8) is 0 Å². The van der Waals surface area contributed by atoms with Gasteiger partial charge < -0.3 is 10.6 Å². The zero-order valence-corrected chi connectivity index (χ0v) is 13.6. The second-order valence-electron chi connectivity index (χ2n) is 5.67. The zero-order chi connectivity index (χ0) is 16.4. The summed E-state index contributed by atoms with van der Waals surface area (Å²) in [7, 11) is 0. The molecular weight excluding hydrogens is 326 g/mol. The molecule has 1 fully saturated rings. The Bertz CT molecular complexity index is 829. The fourth-order valence-corrected chi connectivity index (χ4v) is 2.48. The van der Waals surface area contributed by atoms with Gasteiger partial charge in [0.15, 0.2) is 11.6 Å². The highest BCUT2D eigenvalue weighted by atomic mass is 35.5. The van der Waals surface area contributed by atoms with Gasteiger partial charge in [-0.25, -0.2) is 4.98 Å². The number of H-pyrrole nitrogens is 1. The summed E-state index contributed by atoms with van der Waals surface area (Å²) in [6.07, 6.45) is 5.75. The topological polar surface area (TPSA) is 91.4 Å². The molecule has 1 aliphatic carbocycles. The molecule has 0 amide bonds. The molecule has 3 heterocycles. The Hall–Kier alpha value is -2.67. The van der Waals surface area contributed by atoms with Crippen LogP contribution in [0.3, 0.4) is 0 Å². The maximum Gasteiger partial charge on any atom is 0.225 e. The number of hydrogen-bond acceptors (Lipinski definition) is 6. The van der Waals surface area contributed by atoms with Crippen molar-refractivity contribution in [2.75, 3.05) is 10.6 Å². The number of nitrogens with zero attached hydrogens (tertiary/aromatic N) is 4. The highest BCUT2D eigenvalue weighted by molar-refractivity contribution is 6.32. The van der Waals surface area contributed by atoms with E-state index < -0.39 is 0 Å². The van der Waals surface area contributed by atoms with E-state index in [1.54, 1.807) is 12.4 Å². The lowest BCUT2D eigenvalue weighted by atomic mass is 10.3. The van der Waals surface area contributed by atoms with Crippen LogP contribution in [0.2, 0.25) is 5.02 Å². The molecule has 3 N–H and O–H groups in total. The van der Waals surface area contributed by atoms with Crippen LogP contribution >= 0.6 is 11.6 Å². The molecule has 0 radical (unpaired) electrons. The predicted octanol–water partition coefficient (Wildman–Crippen LogP) is 3.48. The highest BCUT2D eigenvalue weighted by Crippen LogP contribution is 2.39. The van der Waals surface area contributed by atoms with Crippen LogP contribution in [0.25, 0.3) is 0 Å². The van der Waals surface area contributed by atoms with Crippen molar-refractivity contribution in [3.05, 3.63) is 53.1 Å². The number of halogens is 1. The van der Waals surface area contributed by atoms with Crippen molar-refractivity contribution in [3.8, 4) is 0 Å². The van der Waals surface area contributed by atoms with Crippen molar-refractivity contribution in [1.82, 2.24) is 25.1 Å². The van der Waals surface area contributed by atoms with E-state index in [9.17, 15) is 0 Å². The molecule has 1 saturated carbocycles. The van der Waals surface area contributed by atoms with Crippen LogP contribution in [0.5, 0.6) is 0 Å². The third kappa shape index (κ3) is 3.46. The summed E-state index contributed by atoms with van der Waals surface area (Å²) in [5.74, 6) is 2.31. The van der Waals surface area contributed by atoms with Crippen LogP contribution in [0, 0.1) is 0 Å². The number of rotatable bonds is 6. The van der Waals surface area contributed by atoms with Crippen LogP contribution in [-0.4, -0.2) is 25.1 Å². The minimum Gasteiger partial charge on any atom is -0.349 e. The Kier molecular flexibility index (Phi) is 4.00. The van der Waals surface area contributed by atoms with E-state index >= 15 is 0 Å². The number of aromatic amines is 1. The molecule has 4 rings (SSSR count). The average molecular weight is 342 g/mol. The SMILES string of the molecule is Clc1cnc(NCc2ccccn2)nc1Nc1cc(C2CC2)[nH]n1. The van der Waals surface area contributed by atoms with Gasteiger partial charge in [-0.15, -0.1) is 0 Å². The van der Waals surface area contributed by atoms with Gasteiger partial charge in [-0.2, -0.15) is 10.1 Å². The normalized spacial score (nSPS) is 13.7. The fourth-order valence-electron chi connectivity index (χ4n) is 2.34. The lowest BCUT2D eigenvalue weighted by molar-refractivity contribution is 0.965. The molecule has 24 heavy (non-hydrogen) atoms. The molecule has 8 heteroatoms. The first-order chi connectivity index (χ1) is 11.8. The molecular formula is C16H16ClN7. The average Bonchev–Trinajstić information content (AvgIpc) is 3.36. The fraction of sp³-hybridized carbons (Fsp3) is 0.250. The van der Waals surface area contributed by atoms with Crippen molar-refractivity contribution in [2.45, 2.75) is 25.3 Å². The first-order valence-corrected chi connectivity index (χ1v) is 8.14. The summed E-state index contributed by atoms with van der Waals surface area (Å²) in [6.45, 7) is 0.538. The number of hydrogen-bond donors (Lipinski definition) is 3. The second-order valence-corrected chi connectivity index (χ2v) is 6.08. The van der Waals surface area contributed by atoms with E-state index in [2.05, 4.69) is 35.8 Å². The molecule has 0 saturated heterocycles. The van der Waals surface area contributed by atoms with Crippen molar-refractivity contribution >= 4 is 29.2 Å². The lowest BCUT2D eigenvalue weighted by Gasteiger charge is -2.08. The second kappa shape index (κ2) is 6.45. The third-order valence-electron chi connectivity index (χ3n) is 3.76. The van der Waals surface area contributed by atoms with Crippen LogP contribution in [0.4, 0.5) is 17.6 Å². The minimum absolute atomic E-state index is 0.439. The summed E-state index contributed by atoms with van der Waals surface area (Å²) < 4.78 is 0. The maximum absolute atomic E-state index is 6.18. The molecule has 1 aliphatic rings. The van der Waals surface area contributed by atoms with E-state index in [4.69, 9.17) is 11.6 Å². The largest absolute Gasteiger partial charge is 0.349 e. The van der Waals surface area contributed by atoms with E-state index in [0.29, 0.717) is 35.1 Å². The van der Waals surface area contributed by atoms with Gasteiger partial charge in [0.1, 0.15) is 5.02 Å². The quantitative estimate of drug-likeness (QED) is 0.635. The standard InChI is InChI=1S/C16H16ClN7/c17-12-9-20-16(19-8-11-3-1-2-6-18-11)22-15(12)21-14-7-13(23-24-14)10-4-5-10/h1-3,6-7,9-10H,4-5,8H2,(H3,19,20,21,22,23,24). The van der Waals surface area contributed by atoms with E-state index in [-0.39, 0.29) is 0 Å². The predicted molar refractivity (Wildman–Crippen MR) is 92.5 cm³/mol. The van der Waals surface area contributed by atoms with E-state index in [1.165, 1.54) is 12.8 Å². The molecule has 7 nitrogen and oxygen atoms in total. The van der Waals surface area contributed by atoms with Gasteiger partial charge in [0.25, 0.3) is 0 Å². The molecule has 0 aromatic carbocycles. The zero-order valence-electron chi connectivity index (χ0n) is 12.8. The summed E-state index contributed by atoms with van der Waals surface area (Å²) >= 11 is 6.18. The molecule has 3 aromatic heterocycles. The monoisotopic (exact) mass is 341 g/mol. The molecule has 3 aromatic rings. The van der Waals surface area contributed by atoms with Crippen LogP contribution in [-0.2, 0) is 6.54 Å². The molecule has 0 spiro atoms. The van der Waals surface area contributed by atoms with Crippen molar-refractivity contribution in [1.29, 1.82) is 0 Å². The molecule has 0 atom stereocenters. The Morgan fingerprint density at radius 2 is 2.17 bits per heavy atom. The number of aromatic nitrogens is 5. The first kappa shape index (κ1) is 14.9. The number of nitrogens with one attached hydrogen (secondary N) is 3. The highest BCUT2D eigenvalue weighted by Gasteiger charge is 2.25. The molecule has 0 aliphatic heterocycles. The molecule has 0 unspecified atom stereocenters. The van der Waals surface area contributed by atoms with Gasteiger partial charge in [0, 0.05) is 23.9 Å². The van der Waals surface area contributed by atoms with E-state index in [0.717, 1.165) is 11.4 Å². The molecule has 0 bridgehead atoms. The van der Waals surface area contributed by atoms with Gasteiger partial charge in [-0.3, -0.25) is 10.1 Å². The maximum atomic E-state index is 6.18. The van der Waals surface area contributed by atoms with Gasteiger partial charge in [-0.1, -0.05) is 17.7 Å². The van der Waals surface area contributed by atoms with Gasteiger partial charge in [0.2, 0.25) is 5.95 Å². The Morgan fingerprint density at radius 3 is 2.96 bits per heavy atom. The summed E-state index contributed by atoms with van der Waals surface area (Å²) in [6, 6.07) is 7.75.